The molecule has 0 N–H and O–H groups in total. The lowest BCUT2D eigenvalue weighted by molar-refractivity contribution is 0.171. The van der Waals surface area contributed by atoms with Crippen molar-refractivity contribution < 1.29 is 14.2 Å². The van der Waals surface area contributed by atoms with E-state index in [1.54, 1.807) is 29.6 Å². The summed E-state index contributed by atoms with van der Waals surface area (Å²) < 4.78 is 18.5. The number of nitrogens with zero attached hydrogens (tertiary/aromatic N) is 4. The maximum atomic E-state index is 5.66. The van der Waals surface area contributed by atoms with Crippen molar-refractivity contribution in [3.05, 3.63) is 60.3 Å². The third kappa shape index (κ3) is 3.47. The van der Waals surface area contributed by atoms with Crippen molar-refractivity contribution in [1.29, 1.82) is 0 Å². The van der Waals surface area contributed by atoms with Crippen LogP contribution in [0, 0.1) is 0 Å². The average Bonchev–Trinajstić information content (AvgIpc) is 3.21. The fraction of sp³-hybridized carbons (Fsp3) is 0.190. The van der Waals surface area contributed by atoms with Crippen molar-refractivity contribution in [2.45, 2.75) is 10.9 Å². The van der Waals surface area contributed by atoms with Crippen molar-refractivity contribution in [3.63, 3.8) is 0 Å². The largest absolute Gasteiger partial charge is 0.496 e. The quantitative estimate of drug-likeness (QED) is 0.466. The molecule has 0 fully saturated rings. The maximum absolute atomic E-state index is 5.66. The van der Waals surface area contributed by atoms with E-state index in [0.717, 1.165) is 39.8 Å². The molecule has 3 heterocycles. The molecule has 0 saturated heterocycles. The highest BCUT2D eigenvalue weighted by Crippen LogP contribution is 2.33. The number of benzene rings is 2. The summed E-state index contributed by atoms with van der Waals surface area (Å²) in [6.45, 7) is 1.17. The first-order valence-corrected chi connectivity index (χ1v) is 10.2. The molecule has 0 radical (unpaired) electrons. The zero-order valence-corrected chi connectivity index (χ0v) is 16.6. The van der Waals surface area contributed by atoms with Gasteiger partial charge in [-0.05, 0) is 35.9 Å². The van der Waals surface area contributed by atoms with Crippen molar-refractivity contribution in [2.24, 2.45) is 0 Å². The first-order chi connectivity index (χ1) is 14.3. The summed E-state index contributed by atoms with van der Waals surface area (Å²) in [6, 6.07) is 15.7. The number of fused-ring (bicyclic) bond motifs is 2. The standard InChI is InChI=1S/C21H18N4O3S/c1-26-17-5-3-2-4-15(17)16-8-9-22-20-23-21(24-25(16)20)29-13-14-6-7-18-19(12-14)28-11-10-27-18/h2-9,12H,10-11,13H2,1H3. The normalized spacial score (nSPS) is 12.9. The van der Waals surface area contributed by atoms with Gasteiger partial charge in [-0.25, -0.2) is 4.98 Å². The van der Waals surface area contributed by atoms with Crippen LogP contribution in [0.5, 0.6) is 17.2 Å². The highest BCUT2D eigenvalue weighted by atomic mass is 32.2. The number of aromatic nitrogens is 4. The van der Waals surface area contributed by atoms with Gasteiger partial charge in [-0.3, -0.25) is 0 Å². The lowest BCUT2D eigenvalue weighted by Crippen LogP contribution is -2.15. The van der Waals surface area contributed by atoms with Crippen LogP contribution in [-0.4, -0.2) is 39.9 Å². The minimum Gasteiger partial charge on any atom is -0.496 e. The molecule has 0 amide bonds. The average molecular weight is 406 g/mol. The maximum Gasteiger partial charge on any atom is 0.253 e. The summed E-state index contributed by atoms with van der Waals surface area (Å²) in [6.07, 6.45) is 1.74. The van der Waals surface area contributed by atoms with Crippen LogP contribution >= 0.6 is 11.8 Å². The van der Waals surface area contributed by atoms with Crippen molar-refractivity contribution in [2.75, 3.05) is 20.3 Å². The fourth-order valence-corrected chi connectivity index (χ4v) is 3.98. The van der Waals surface area contributed by atoms with E-state index in [9.17, 15) is 0 Å². The van der Waals surface area contributed by atoms with Crippen molar-refractivity contribution in [3.8, 4) is 28.5 Å². The lowest BCUT2D eigenvalue weighted by Gasteiger charge is -2.18. The molecule has 2 aromatic heterocycles. The van der Waals surface area contributed by atoms with Gasteiger partial charge in [0.25, 0.3) is 5.78 Å². The fourth-order valence-electron chi connectivity index (χ4n) is 3.22. The smallest absolute Gasteiger partial charge is 0.253 e. The molecule has 8 heteroatoms. The molecule has 0 spiro atoms. The SMILES string of the molecule is COc1ccccc1-c1ccnc2nc(SCc3ccc4c(c3)OCCO4)nn12. The number of hydrogen-bond acceptors (Lipinski definition) is 7. The Morgan fingerprint density at radius 3 is 2.83 bits per heavy atom. The number of thioether (sulfide) groups is 1. The van der Waals surface area contributed by atoms with Gasteiger partial charge in [0, 0.05) is 17.5 Å². The number of ether oxygens (including phenoxy) is 3. The summed E-state index contributed by atoms with van der Waals surface area (Å²) in [7, 11) is 1.66. The summed E-state index contributed by atoms with van der Waals surface area (Å²) in [5.41, 5.74) is 2.94. The van der Waals surface area contributed by atoms with Gasteiger partial charge in [-0.15, -0.1) is 5.10 Å². The van der Waals surface area contributed by atoms with Gasteiger partial charge in [0.05, 0.1) is 12.8 Å². The van der Waals surface area contributed by atoms with Crippen LogP contribution in [0.2, 0.25) is 0 Å². The van der Waals surface area contributed by atoms with E-state index in [0.29, 0.717) is 24.1 Å². The number of para-hydroxylation sites is 1. The third-order valence-corrected chi connectivity index (χ3v) is 5.49. The predicted molar refractivity (Wildman–Crippen MR) is 110 cm³/mol. The van der Waals surface area contributed by atoms with E-state index < -0.39 is 0 Å². The van der Waals surface area contributed by atoms with Crippen molar-refractivity contribution >= 4 is 17.5 Å². The van der Waals surface area contributed by atoms with E-state index in [-0.39, 0.29) is 0 Å². The van der Waals surface area contributed by atoms with E-state index in [2.05, 4.69) is 15.1 Å². The van der Waals surface area contributed by atoms with Crippen LogP contribution in [-0.2, 0) is 5.75 Å². The molecule has 0 bridgehead atoms. The summed E-state index contributed by atoms with van der Waals surface area (Å²) in [5.74, 6) is 3.63. The monoisotopic (exact) mass is 406 g/mol. The van der Waals surface area contributed by atoms with Gasteiger partial charge in [0.1, 0.15) is 19.0 Å². The predicted octanol–water partition coefficient (Wildman–Crippen LogP) is 3.86. The van der Waals surface area contributed by atoms with Crippen LogP contribution in [0.15, 0.2) is 59.9 Å². The Labute approximate surface area is 171 Å². The second kappa shape index (κ2) is 7.63. The zero-order chi connectivity index (χ0) is 19.6. The molecule has 1 aliphatic rings. The molecule has 1 aliphatic heterocycles. The summed E-state index contributed by atoms with van der Waals surface area (Å²) in [5, 5.41) is 5.32. The second-order valence-electron chi connectivity index (χ2n) is 6.40. The Balaban J connectivity index is 1.42. The van der Waals surface area contributed by atoms with E-state index >= 15 is 0 Å². The molecule has 4 aromatic rings. The number of hydrogen-bond donors (Lipinski definition) is 0. The Morgan fingerprint density at radius 2 is 1.93 bits per heavy atom. The van der Waals surface area contributed by atoms with Crippen LogP contribution in [0.25, 0.3) is 17.0 Å². The van der Waals surface area contributed by atoms with Gasteiger partial charge in [0.2, 0.25) is 5.16 Å². The molecule has 5 rings (SSSR count). The van der Waals surface area contributed by atoms with Crippen LogP contribution in [0.3, 0.4) is 0 Å². The molecule has 0 atom stereocenters. The second-order valence-corrected chi connectivity index (χ2v) is 7.35. The van der Waals surface area contributed by atoms with Crippen LogP contribution < -0.4 is 14.2 Å². The molecule has 146 valence electrons. The van der Waals surface area contributed by atoms with E-state index in [1.807, 2.05) is 48.5 Å². The van der Waals surface area contributed by atoms with Gasteiger partial charge in [-0.2, -0.15) is 9.50 Å². The number of methoxy groups -OCH3 is 1. The lowest BCUT2D eigenvalue weighted by atomic mass is 10.1. The molecule has 0 aliphatic carbocycles. The molecular weight excluding hydrogens is 388 g/mol. The number of rotatable bonds is 5. The molecule has 29 heavy (non-hydrogen) atoms. The van der Waals surface area contributed by atoms with Gasteiger partial charge >= 0.3 is 0 Å². The minimum atomic E-state index is 0.554. The zero-order valence-electron chi connectivity index (χ0n) is 15.7. The highest BCUT2D eigenvalue weighted by molar-refractivity contribution is 7.98. The minimum absolute atomic E-state index is 0.554. The Hall–Kier alpha value is -3.26. The van der Waals surface area contributed by atoms with Gasteiger partial charge < -0.3 is 14.2 Å². The van der Waals surface area contributed by atoms with Gasteiger partial charge in [0.15, 0.2) is 11.5 Å². The van der Waals surface area contributed by atoms with E-state index in [4.69, 9.17) is 14.2 Å². The molecule has 7 nitrogen and oxygen atoms in total. The topological polar surface area (TPSA) is 70.8 Å². The molecule has 0 unspecified atom stereocenters. The summed E-state index contributed by atoms with van der Waals surface area (Å²) in [4.78, 5) is 8.92. The molecule has 2 aromatic carbocycles. The Morgan fingerprint density at radius 1 is 1.07 bits per heavy atom. The first-order valence-electron chi connectivity index (χ1n) is 9.18. The Bertz CT molecular complexity index is 1180. The molecule has 0 saturated carbocycles. The van der Waals surface area contributed by atoms with Crippen LogP contribution in [0.4, 0.5) is 0 Å². The Kier molecular flexibility index (Phi) is 4.69. The van der Waals surface area contributed by atoms with Crippen LogP contribution in [0.1, 0.15) is 5.56 Å². The van der Waals surface area contributed by atoms with E-state index in [1.165, 1.54) is 0 Å². The highest BCUT2D eigenvalue weighted by Gasteiger charge is 2.15. The molecular formula is C21H18N4O3S. The van der Waals surface area contributed by atoms with Crippen molar-refractivity contribution in [1.82, 2.24) is 19.6 Å². The van der Waals surface area contributed by atoms with Gasteiger partial charge in [-0.1, -0.05) is 30.0 Å². The summed E-state index contributed by atoms with van der Waals surface area (Å²) >= 11 is 1.55. The first kappa shape index (κ1) is 17.8. The third-order valence-electron chi connectivity index (χ3n) is 4.58.